The SMILES string of the molecule is CCc1ccc(-c2csc(N3CCC(S(=O)(=O)c4cc(F)ccc4C)CC3)n2)cc1. The van der Waals surface area contributed by atoms with Gasteiger partial charge >= 0.3 is 0 Å². The monoisotopic (exact) mass is 444 g/mol. The quantitative estimate of drug-likeness (QED) is 0.538. The van der Waals surface area contributed by atoms with Crippen LogP contribution in [0.2, 0.25) is 0 Å². The Hall–Kier alpha value is -2.25. The summed E-state index contributed by atoms with van der Waals surface area (Å²) in [4.78, 5) is 7.05. The maximum absolute atomic E-state index is 13.6. The number of halogens is 1. The molecule has 0 amide bonds. The first-order valence-corrected chi connectivity index (χ1v) is 12.6. The Morgan fingerprint density at radius 2 is 1.83 bits per heavy atom. The maximum atomic E-state index is 13.6. The van der Waals surface area contributed by atoms with Gasteiger partial charge in [-0.25, -0.2) is 17.8 Å². The first-order valence-electron chi connectivity index (χ1n) is 10.2. The average molecular weight is 445 g/mol. The van der Waals surface area contributed by atoms with E-state index in [1.54, 1.807) is 18.3 Å². The summed E-state index contributed by atoms with van der Waals surface area (Å²) in [5, 5.41) is 2.48. The molecule has 158 valence electrons. The molecule has 2 heterocycles. The maximum Gasteiger partial charge on any atom is 0.185 e. The van der Waals surface area contributed by atoms with E-state index in [2.05, 4.69) is 41.5 Å². The molecule has 7 heteroatoms. The van der Waals surface area contributed by atoms with Crippen molar-refractivity contribution in [1.82, 2.24) is 4.98 Å². The highest BCUT2D eigenvalue weighted by Gasteiger charge is 2.33. The number of rotatable bonds is 5. The van der Waals surface area contributed by atoms with Crippen LogP contribution in [0, 0.1) is 12.7 Å². The summed E-state index contributed by atoms with van der Waals surface area (Å²) in [6.07, 6.45) is 2.03. The summed E-state index contributed by atoms with van der Waals surface area (Å²) in [6, 6.07) is 12.4. The molecule has 1 saturated heterocycles. The van der Waals surface area contributed by atoms with Gasteiger partial charge in [0.05, 0.1) is 15.8 Å². The van der Waals surface area contributed by atoms with Crippen molar-refractivity contribution in [2.75, 3.05) is 18.0 Å². The van der Waals surface area contributed by atoms with Crippen molar-refractivity contribution in [3.63, 3.8) is 0 Å². The minimum atomic E-state index is -3.55. The van der Waals surface area contributed by atoms with Crippen LogP contribution in [0.3, 0.4) is 0 Å². The fourth-order valence-electron chi connectivity index (χ4n) is 3.87. The molecule has 4 rings (SSSR count). The van der Waals surface area contributed by atoms with Crippen molar-refractivity contribution in [2.45, 2.75) is 43.3 Å². The minimum Gasteiger partial charge on any atom is -0.348 e. The van der Waals surface area contributed by atoms with Crippen LogP contribution in [-0.4, -0.2) is 31.7 Å². The molecule has 1 aromatic heterocycles. The van der Waals surface area contributed by atoms with Gasteiger partial charge in [0, 0.05) is 24.0 Å². The van der Waals surface area contributed by atoms with Gasteiger partial charge in [-0.15, -0.1) is 11.3 Å². The highest BCUT2D eigenvalue weighted by Crippen LogP contribution is 2.32. The second-order valence-electron chi connectivity index (χ2n) is 7.71. The van der Waals surface area contributed by atoms with Gasteiger partial charge in [-0.3, -0.25) is 0 Å². The van der Waals surface area contributed by atoms with Gasteiger partial charge in [-0.05, 0) is 49.4 Å². The molecular formula is C23H25FN2O2S2. The number of aryl methyl sites for hydroxylation is 2. The highest BCUT2D eigenvalue weighted by molar-refractivity contribution is 7.92. The van der Waals surface area contributed by atoms with Gasteiger partial charge in [0.1, 0.15) is 5.82 Å². The zero-order chi connectivity index (χ0) is 21.3. The minimum absolute atomic E-state index is 0.119. The largest absolute Gasteiger partial charge is 0.348 e. The molecule has 1 fully saturated rings. The first-order chi connectivity index (χ1) is 14.4. The Kier molecular flexibility index (Phi) is 5.93. The molecule has 0 unspecified atom stereocenters. The molecule has 1 aliphatic heterocycles. The van der Waals surface area contributed by atoms with Crippen LogP contribution in [0.5, 0.6) is 0 Å². The molecule has 0 spiro atoms. The Morgan fingerprint density at radius 1 is 1.13 bits per heavy atom. The predicted molar refractivity (Wildman–Crippen MR) is 120 cm³/mol. The standard InChI is InChI=1S/C23H25FN2O2S2/c1-3-17-5-7-18(8-6-17)21-15-29-23(25-21)26-12-10-20(11-13-26)30(27,28)22-14-19(24)9-4-16(22)2/h4-9,14-15,20H,3,10-13H2,1-2H3. The molecule has 4 nitrogen and oxygen atoms in total. The molecule has 0 atom stereocenters. The second-order valence-corrected chi connectivity index (χ2v) is 10.7. The molecule has 3 aromatic rings. The van der Waals surface area contributed by atoms with Crippen LogP contribution in [0.15, 0.2) is 52.7 Å². The van der Waals surface area contributed by atoms with Crippen LogP contribution in [0.4, 0.5) is 9.52 Å². The second kappa shape index (κ2) is 8.47. The topological polar surface area (TPSA) is 50.3 Å². The van der Waals surface area contributed by atoms with E-state index in [1.165, 1.54) is 17.7 Å². The molecule has 2 aromatic carbocycles. The number of benzene rings is 2. The molecule has 0 aliphatic carbocycles. The summed E-state index contributed by atoms with van der Waals surface area (Å²) in [6.45, 7) is 5.10. The zero-order valence-electron chi connectivity index (χ0n) is 17.1. The number of aromatic nitrogens is 1. The summed E-state index contributed by atoms with van der Waals surface area (Å²) in [5.41, 5.74) is 3.93. The number of hydrogen-bond acceptors (Lipinski definition) is 5. The first kappa shape index (κ1) is 21.0. The lowest BCUT2D eigenvalue weighted by molar-refractivity contribution is 0.528. The smallest absolute Gasteiger partial charge is 0.185 e. The lowest BCUT2D eigenvalue weighted by Gasteiger charge is -2.31. The molecule has 30 heavy (non-hydrogen) atoms. The van der Waals surface area contributed by atoms with E-state index in [-0.39, 0.29) is 4.90 Å². The summed E-state index contributed by atoms with van der Waals surface area (Å²) in [7, 11) is -3.55. The van der Waals surface area contributed by atoms with Crippen molar-refractivity contribution < 1.29 is 12.8 Å². The number of sulfone groups is 1. The van der Waals surface area contributed by atoms with E-state index in [4.69, 9.17) is 4.98 Å². The van der Waals surface area contributed by atoms with Gasteiger partial charge in [0.25, 0.3) is 0 Å². The van der Waals surface area contributed by atoms with Crippen molar-refractivity contribution >= 4 is 26.3 Å². The van der Waals surface area contributed by atoms with Gasteiger partial charge in [0.2, 0.25) is 0 Å². The third-order valence-corrected chi connectivity index (χ3v) is 9.06. The van der Waals surface area contributed by atoms with E-state index in [1.807, 2.05) is 0 Å². The Bertz CT molecular complexity index is 1130. The van der Waals surface area contributed by atoms with Crippen LogP contribution in [-0.2, 0) is 16.3 Å². The van der Waals surface area contributed by atoms with E-state index in [9.17, 15) is 12.8 Å². The van der Waals surface area contributed by atoms with Crippen molar-refractivity contribution in [3.05, 3.63) is 64.8 Å². The molecule has 0 N–H and O–H groups in total. The van der Waals surface area contributed by atoms with E-state index in [0.717, 1.165) is 28.9 Å². The van der Waals surface area contributed by atoms with Gasteiger partial charge in [-0.1, -0.05) is 37.3 Å². The lowest BCUT2D eigenvalue weighted by Crippen LogP contribution is -2.39. The van der Waals surface area contributed by atoms with E-state index < -0.39 is 20.9 Å². The highest BCUT2D eigenvalue weighted by atomic mass is 32.2. The number of piperidine rings is 1. The predicted octanol–water partition coefficient (Wildman–Crippen LogP) is 5.26. The summed E-state index contributed by atoms with van der Waals surface area (Å²) < 4.78 is 39.7. The lowest BCUT2D eigenvalue weighted by atomic mass is 10.1. The van der Waals surface area contributed by atoms with E-state index >= 15 is 0 Å². The molecule has 1 aliphatic rings. The Morgan fingerprint density at radius 3 is 2.50 bits per heavy atom. The molecule has 0 saturated carbocycles. The van der Waals surface area contributed by atoms with Crippen molar-refractivity contribution in [3.8, 4) is 11.3 Å². The molecular weight excluding hydrogens is 419 g/mol. The Labute approximate surface area is 181 Å². The van der Waals surface area contributed by atoms with Crippen LogP contribution in [0.1, 0.15) is 30.9 Å². The third kappa shape index (κ3) is 4.14. The zero-order valence-corrected chi connectivity index (χ0v) is 18.8. The fourth-order valence-corrected chi connectivity index (χ4v) is 6.74. The van der Waals surface area contributed by atoms with Gasteiger partial charge in [-0.2, -0.15) is 0 Å². The average Bonchev–Trinajstić information content (AvgIpc) is 3.26. The van der Waals surface area contributed by atoms with Crippen molar-refractivity contribution in [2.24, 2.45) is 0 Å². The van der Waals surface area contributed by atoms with Crippen LogP contribution < -0.4 is 4.90 Å². The number of hydrogen-bond donors (Lipinski definition) is 0. The fraction of sp³-hybridized carbons (Fsp3) is 0.348. The van der Waals surface area contributed by atoms with Crippen LogP contribution in [0.25, 0.3) is 11.3 Å². The van der Waals surface area contributed by atoms with Gasteiger partial charge in [0.15, 0.2) is 15.0 Å². The molecule has 0 radical (unpaired) electrons. The Balaban J connectivity index is 1.46. The number of anilines is 1. The van der Waals surface area contributed by atoms with Gasteiger partial charge < -0.3 is 4.90 Å². The number of thiazole rings is 1. The normalized spacial score (nSPS) is 15.5. The van der Waals surface area contributed by atoms with Crippen LogP contribution >= 0.6 is 11.3 Å². The van der Waals surface area contributed by atoms with Crippen molar-refractivity contribution in [1.29, 1.82) is 0 Å². The van der Waals surface area contributed by atoms with E-state index in [0.29, 0.717) is 31.5 Å². The summed E-state index contributed by atoms with van der Waals surface area (Å²) >= 11 is 1.59. The molecule has 0 bridgehead atoms. The number of nitrogens with zero attached hydrogens (tertiary/aromatic N) is 2. The third-order valence-electron chi connectivity index (χ3n) is 5.76. The summed E-state index contributed by atoms with van der Waals surface area (Å²) in [5.74, 6) is -0.515.